The maximum atomic E-state index is 6.55. The highest BCUT2D eigenvalue weighted by Gasteiger charge is 2.18. The largest absolute Gasteiger partial charge is 0.383 e. The second-order valence-electron chi connectivity index (χ2n) is 6.12. The van der Waals surface area contributed by atoms with Crippen LogP contribution in [0.3, 0.4) is 0 Å². The summed E-state index contributed by atoms with van der Waals surface area (Å²) in [6.07, 6.45) is 0.735. The number of hydrogen-bond acceptors (Lipinski definition) is 2. The Kier molecular flexibility index (Phi) is 4.59. The van der Waals surface area contributed by atoms with Gasteiger partial charge in [-0.3, -0.25) is 0 Å². The molecule has 1 heterocycles. The van der Waals surface area contributed by atoms with E-state index in [1.165, 1.54) is 5.56 Å². The van der Waals surface area contributed by atoms with Crippen LogP contribution < -0.4 is 5.73 Å². The minimum absolute atomic E-state index is 0.657. The molecular formula is C22H18BrN3. The Bertz CT molecular complexity index is 1010. The van der Waals surface area contributed by atoms with Crippen molar-refractivity contribution in [2.45, 2.75) is 6.42 Å². The molecule has 4 heteroatoms. The van der Waals surface area contributed by atoms with Crippen molar-refractivity contribution < 1.29 is 0 Å². The lowest BCUT2D eigenvalue weighted by molar-refractivity contribution is 0.856. The molecule has 1 aromatic heterocycles. The molecule has 4 rings (SSSR count). The Hall–Kier alpha value is -2.85. The lowest BCUT2D eigenvalue weighted by Gasteiger charge is -2.06. The maximum absolute atomic E-state index is 6.55. The van der Waals surface area contributed by atoms with E-state index in [-0.39, 0.29) is 0 Å². The Morgan fingerprint density at radius 1 is 0.808 bits per heavy atom. The monoisotopic (exact) mass is 403 g/mol. The summed E-state index contributed by atoms with van der Waals surface area (Å²) in [6, 6.07) is 28.6. The summed E-state index contributed by atoms with van der Waals surface area (Å²) < 4.78 is 2.85. The third kappa shape index (κ3) is 3.28. The van der Waals surface area contributed by atoms with Gasteiger partial charge in [-0.25, -0.2) is 4.68 Å². The van der Waals surface area contributed by atoms with Gasteiger partial charge >= 0.3 is 0 Å². The molecule has 128 valence electrons. The molecule has 0 unspecified atom stereocenters. The van der Waals surface area contributed by atoms with Crippen LogP contribution in [0.25, 0.3) is 16.8 Å². The lowest BCUT2D eigenvalue weighted by Crippen LogP contribution is -2.02. The Morgan fingerprint density at radius 2 is 1.42 bits per heavy atom. The summed E-state index contributed by atoms with van der Waals surface area (Å²) in [5.74, 6) is 0.657. The van der Waals surface area contributed by atoms with Crippen molar-refractivity contribution in [3.63, 3.8) is 0 Å². The van der Waals surface area contributed by atoms with Crippen LogP contribution in [0.5, 0.6) is 0 Å². The highest BCUT2D eigenvalue weighted by molar-refractivity contribution is 9.10. The van der Waals surface area contributed by atoms with Crippen LogP contribution in [0.1, 0.15) is 11.3 Å². The lowest BCUT2D eigenvalue weighted by atomic mass is 10.0. The first kappa shape index (κ1) is 16.6. The standard InChI is InChI=1S/C22H18BrN3/c23-18-11-13-19(14-12-18)26-22(24)21(17-9-5-2-6-10-17)20(25-26)15-16-7-3-1-4-8-16/h1-14H,15,24H2. The van der Waals surface area contributed by atoms with Gasteiger partial charge in [0.1, 0.15) is 5.82 Å². The van der Waals surface area contributed by atoms with Gasteiger partial charge in [-0.05, 0) is 35.4 Å². The second-order valence-corrected chi connectivity index (χ2v) is 7.04. The summed E-state index contributed by atoms with van der Waals surface area (Å²) >= 11 is 3.48. The number of hydrogen-bond donors (Lipinski definition) is 1. The first-order valence-electron chi connectivity index (χ1n) is 8.45. The highest BCUT2D eigenvalue weighted by atomic mass is 79.9. The second kappa shape index (κ2) is 7.18. The number of rotatable bonds is 4. The van der Waals surface area contributed by atoms with Crippen molar-refractivity contribution in [1.82, 2.24) is 9.78 Å². The molecule has 0 aliphatic carbocycles. The van der Waals surface area contributed by atoms with Crippen molar-refractivity contribution in [3.8, 4) is 16.8 Å². The molecule has 0 amide bonds. The normalized spacial score (nSPS) is 10.8. The third-order valence-electron chi connectivity index (χ3n) is 4.34. The fourth-order valence-corrected chi connectivity index (χ4v) is 3.35. The fraction of sp³-hybridized carbons (Fsp3) is 0.0455. The predicted octanol–water partition coefficient (Wildman–Crippen LogP) is 5.47. The van der Waals surface area contributed by atoms with Gasteiger partial charge in [0.25, 0.3) is 0 Å². The number of aromatic nitrogens is 2. The van der Waals surface area contributed by atoms with Crippen LogP contribution in [0.4, 0.5) is 5.82 Å². The quantitative estimate of drug-likeness (QED) is 0.490. The van der Waals surface area contributed by atoms with Crippen molar-refractivity contribution in [2.24, 2.45) is 0 Å². The average Bonchev–Trinajstić information content (AvgIpc) is 3.00. The summed E-state index contributed by atoms with van der Waals surface area (Å²) in [6.45, 7) is 0. The SMILES string of the molecule is Nc1c(-c2ccccc2)c(Cc2ccccc2)nn1-c1ccc(Br)cc1. The van der Waals surface area contributed by atoms with E-state index in [1.807, 2.05) is 65.3 Å². The van der Waals surface area contributed by atoms with E-state index >= 15 is 0 Å². The number of benzene rings is 3. The molecule has 3 aromatic carbocycles. The molecule has 0 saturated carbocycles. The zero-order valence-electron chi connectivity index (χ0n) is 14.1. The van der Waals surface area contributed by atoms with Gasteiger partial charge in [-0.1, -0.05) is 76.6 Å². The van der Waals surface area contributed by atoms with Gasteiger partial charge in [0.2, 0.25) is 0 Å². The first-order chi connectivity index (χ1) is 12.7. The van der Waals surface area contributed by atoms with E-state index in [2.05, 4.69) is 40.2 Å². The molecule has 3 nitrogen and oxygen atoms in total. The van der Waals surface area contributed by atoms with E-state index in [0.29, 0.717) is 5.82 Å². The van der Waals surface area contributed by atoms with Crippen LogP contribution in [0, 0.1) is 0 Å². The van der Waals surface area contributed by atoms with Crippen LogP contribution in [-0.4, -0.2) is 9.78 Å². The van der Waals surface area contributed by atoms with Crippen molar-refractivity contribution in [1.29, 1.82) is 0 Å². The van der Waals surface area contributed by atoms with E-state index in [1.54, 1.807) is 0 Å². The van der Waals surface area contributed by atoms with Crippen molar-refractivity contribution >= 4 is 21.7 Å². The number of anilines is 1. The summed E-state index contributed by atoms with van der Waals surface area (Å²) in [5, 5.41) is 4.86. The highest BCUT2D eigenvalue weighted by Crippen LogP contribution is 2.33. The van der Waals surface area contributed by atoms with E-state index in [0.717, 1.165) is 33.4 Å². The first-order valence-corrected chi connectivity index (χ1v) is 9.24. The molecule has 2 N–H and O–H groups in total. The van der Waals surface area contributed by atoms with E-state index in [4.69, 9.17) is 10.8 Å². The molecular weight excluding hydrogens is 386 g/mol. The topological polar surface area (TPSA) is 43.8 Å². The molecule has 0 radical (unpaired) electrons. The Labute approximate surface area is 161 Å². The van der Waals surface area contributed by atoms with Crippen molar-refractivity contribution in [3.05, 3.63) is 101 Å². The Morgan fingerprint density at radius 3 is 2.08 bits per heavy atom. The average molecular weight is 404 g/mol. The fourth-order valence-electron chi connectivity index (χ4n) is 3.09. The predicted molar refractivity (Wildman–Crippen MR) is 110 cm³/mol. The molecule has 0 saturated heterocycles. The molecule has 0 atom stereocenters. The van der Waals surface area contributed by atoms with Gasteiger partial charge < -0.3 is 5.73 Å². The number of halogens is 1. The molecule has 0 bridgehead atoms. The molecule has 0 aliphatic heterocycles. The summed E-state index contributed by atoms with van der Waals surface area (Å²) in [4.78, 5) is 0. The molecule has 0 fully saturated rings. The third-order valence-corrected chi connectivity index (χ3v) is 4.87. The number of nitrogens with two attached hydrogens (primary N) is 1. The Balaban J connectivity index is 1.86. The van der Waals surface area contributed by atoms with Crippen LogP contribution in [0.2, 0.25) is 0 Å². The molecule has 4 aromatic rings. The molecule has 26 heavy (non-hydrogen) atoms. The van der Waals surface area contributed by atoms with Gasteiger partial charge in [0.05, 0.1) is 11.4 Å². The summed E-state index contributed by atoms with van der Waals surface area (Å²) in [7, 11) is 0. The molecule has 0 aliphatic rings. The summed E-state index contributed by atoms with van der Waals surface area (Å²) in [5.41, 5.74) is 11.8. The van der Waals surface area contributed by atoms with Crippen LogP contribution in [-0.2, 0) is 6.42 Å². The van der Waals surface area contributed by atoms with Crippen LogP contribution >= 0.6 is 15.9 Å². The van der Waals surface area contributed by atoms with Crippen molar-refractivity contribution in [2.75, 3.05) is 5.73 Å². The molecule has 0 spiro atoms. The smallest absolute Gasteiger partial charge is 0.135 e. The van der Waals surface area contributed by atoms with E-state index in [9.17, 15) is 0 Å². The van der Waals surface area contributed by atoms with Crippen LogP contribution in [0.15, 0.2) is 89.4 Å². The van der Waals surface area contributed by atoms with Gasteiger partial charge in [0.15, 0.2) is 0 Å². The van der Waals surface area contributed by atoms with Gasteiger partial charge in [0, 0.05) is 16.5 Å². The zero-order chi connectivity index (χ0) is 17.9. The minimum atomic E-state index is 0.657. The number of nitrogen functional groups attached to an aromatic ring is 1. The van der Waals surface area contributed by atoms with Gasteiger partial charge in [-0.15, -0.1) is 0 Å². The zero-order valence-corrected chi connectivity index (χ0v) is 15.7. The minimum Gasteiger partial charge on any atom is -0.383 e. The maximum Gasteiger partial charge on any atom is 0.135 e. The van der Waals surface area contributed by atoms with Gasteiger partial charge in [-0.2, -0.15) is 5.10 Å². The number of nitrogens with zero attached hydrogens (tertiary/aromatic N) is 2. The van der Waals surface area contributed by atoms with E-state index < -0.39 is 0 Å².